The van der Waals surface area contributed by atoms with E-state index in [0.29, 0.717) is 0 Å². The van der Waals surface area contributed by atoms with Crippen molar-refractivity contribution < 1.29 is 4.79 Å². The molecule has 0 aliphatic heterocycles. The molecule has 2 nitrogen and oxygen atoms in total. The molecule has 0 saturated carbocycles. The molecule has 1 amide bonds. The number of rotatable bonds is 5. The summed E-state index contributed by atoms with van der Waals surface area (Å²) >= 11 is 1.58. The molecule has 0 aromatic heterocycles. The molecule has 22 heavy (non-hydrogen) atoms. The van der Waals surface area contributed by atoms with E-state index in [2.05, 4.69) is 37.4 Å². The van der Waals surface area contributed by atoms with E-state index in [-0.39, 0.29) is 17.2 Å². The summed E-state index contributed by atoms with van der Waals surface area (Å²) in [6.45, 7) is 8.17. The van der Waals surface area contributed by atoms with Gasteiger partial charge in [-0.25, -0.2) is 0 Å². The van der Waals surface area contributed by atoms with Gasteiger partial charge in [-0.2, -0.15) is 0 Å². The molecule has 2 atom stereocenters. The minimum atomic E-state index is -0.114. The van der Waals surface area contributed by atoms with E-state index in [0.717, 1.165) is 10.5 Å². The van der Waals surface area contributed by atoms with Crippen LogP contribution in [0, 0.1) is 13.8 Å². The molecular weight excluding hydrogens is 290 g/mol. The van der Waals surface area contributed by atoms with Crippen LogP contribution >= 0.6 is 11.8 Å². The number of carbonyl (C=O) groups is 1. The summed E-state index contributed by atoms with van der Waals surface area (Å²) in [6.07, 6.45) is 0. The molecule has 116 valence electrons. The fraction of sp³-hybridized carbons (Fsp3) is 0.316. The van der Waals surface area contributed by atoms with Crippen molar-refractivity contribution in [1.82, 2.24) is 5.32 Å². The van der Waals surface area contributed by atoms with Crippen molar-refractivity contribution in [3.8, 4) is 0 Å². The van der Waals surface area contributed by atoms with E-state index >= 15 is 0 Å². The Morgan fingerprint density at radius 3 is 2.32 bits per heavy atom. The Balaban J connectivity index is 1.96. The van der Waals surface area contributed by atoms with Gasteiger partial charge in [0, 0.05) is 4.90 Å². The fourth-order valence-electron chi connectivity index (χ4n) is 2.20. The quantitative estimate of drug-likeness (QED) is 0.813. The van der Waals surface area contributed by atoms with Crippen molar-refractivity contribution in [3.05, 3.63) is 65.2 Å². The van der Waals surface area contributed by atoms with Crippen LogP contribution < -0.4 is 5.32 Å². The second-order valence-electron chi connectivity index (χ2n) is 5.65. The van der Waals surface area contributed by atoms with Gasteiger partial charge in [0.15, 0.2) is 0 Å². The normalized spacial score (nSPS) is 13.5. The molecule has 0 radical (unpaired) electrons. The highest BCUT2D eigenvalue weighted by Crippen LogP contribution is 2.24. The lowest BCUT2D eigenvalue weighted by Crippen LogP contribution is -2.33. The van der Waals surface area contributed by atoms with Gasteiger partial charge in [0.1, 0.15) is 0 Å². The summed E-state index contributed by atoms with van der Waals surface area (Å²) < 4.78 is 0. The average molecular weight is 313 g/mol. The molecule has 1 N–H and O–H groups in total. The van der Waals surface area contributed by atoms with Crippen LogP contribution in [0.3, 0.4) is 0 Å². The first-order chi connectivity index (χ1) is 10.5. The van der Waals surface area contributed by atoms with Crippen LogP contribution in [-0.4, -0.2) is 11.2 Å². The number of nitrogens with one attached hydrogen (secondary N) is 1. The van der Waals surface area contributed by atoms with Crippen molar-refractivity contribution in [2.45, 2.75) is 43.9 Å². The standard InChI is InChI=1S/C19H23NOS/c1-13-10-11-17(12-14(13)2)15(3)20-19(21)16(4)22-18-8-6-5-7-9-18/h5-12,15-16H,1-4H3,(H,20,21)/t15-,16-/m1/s1. The second kappa shape index (κ2) is 7.50. The molecular formula is C19H23NOS. The molecule has 2 aromatic carbocycles. The first kappa shape index (κ1) is 16.6. The Morgan fingerprint density at radius 2 is 1.68 bits per heavy atom. The molecule has 0 aliphatic rings. The minimum Gasteiger partial charge on any atom is -0.349 e. The topological polar surface area (TPSA) is 29.1 Å². The minimum absolute atomic E-state index is 0.0191. The Labute approximate surface area is 137 Å². The zero-order chi connectivity index (χ0) is 16.1. The maximum Gasteiger partial charge on any atom is 0.233 e. The van der Waals surface area contributed by atoms with Crippen LogP contribution in [0.25, 0.3) is 0 Å². The maximum absolute atomic E-state index is 12.4. The van der Waals surface area contributed by atoms with Gasteiger partial charge in [0.2, 0.25) is 5.91 Å². The summed E-state index contributed by atoms with van der Waals surface area (Å²) in [7, 11) is 0. The second-order valence-corrected chi connectivity index (χ2v) is 7.06. The van der Waals surface area contributed by atoms with E-state index in [1.54, 1.807) is 11.8 Å². The fourth-order valence-corrected chi connectivity index (χ4v) is 3.10. The van der Waals surface area contributed by atoms with Gasteiger partial charge in [-0.3, -0.25) is 4.79 Å². The summed E-state index contributed by atoms with van der Waals surface area (Å²) in [5.41, 5.74) is 3.67. The summed E-state index contributed by atoms with van der Waals surface area (Å²) in [5.74, 6) is 0.0691. The van der Waals surface area contributed by atoms with E-state index in [9.17, 15) is 4.79 Å². The van der Waals surface area contributed by atoms with E-state index in [1.807, 2.05) is 44.2 Å². The predicted octanol–water partition coefficient (Wildman–Crippen LogP) is 4.66. The Kier molecular flexibility index (Phi) is 5.67. The SMILES string of the molecule is Cc1ccc([C@@H](C)NC(=O)[C@@H](C)Sc2ccccc2)cc1C. The van der Waals surface area contributed by atoms with Crippen molar-refractivity contribution in [2.24, 2.45) is 0 Å². The predicted molar refractivity (Wildman–Crippen MR) is 94.2 cm³/mol. The number of hydrogen-bond donors (Lipinski definition) is 1. The van der Waals surface area contributed by atoms with Gasteiger partial charge < -0.3 is 5.32 Å². The molecule has 0 fully saturated rings. The van der Waals surface area contributed by atoms with Crippen molar-refractivity contribution in [3.63, 3.8) is 0 Å². The lowest BCUT2D eigenvalue weighted by molar-refractivity contribution is -0.120. The molecule has 2 rings (SSSR count). The summed E-state index contributed by atoms with van der Waals surface area (Å²) in [4.78, 5) is 13.5. The highest BCUT2D eigenvalue weighted by molar-refractivity contribution is 8.00. The van der Waals surface area contributed by atoms with Crippen molar-refractivity contribution in [2.75, 3.05) is 0 Å². The van der Waals surface area contributed by atoms with Gasteiger partial charge in [0.25, 0.3) is 0 Å². The monoisotopic (exact) mass is 313 g/mol. The molecule has 0 spiro atoms. The van der Waals surface area contributed by atoms with Crippen LogP contribution in [0.4, 0.5) is 0 Å². The molecule has 3 heteroatoms. The van der Waals surface area contributed by atoms with Gasteiger partial charge >= 0.3 is 0 Å². The zero-order valence-corrected chi connectivity index (χ0v) is 14.4. The third-order valence-corrected chi connectivity index (χ3v) is 4.93. The molecule has 0 aliphatic carbocycles. The van der Waals surface area contributed by atoms with E-state index in [4.69, 9.17) is 0 Å². The number of amides is 1. The Morgan fingerprint density at radius 1 is 1.00 bits per heavy atom. The third kappa shape index (κ3) is 4.38. The van der Waals surface area contributed by atoms with E-state index in [1.165, 1.54) is 11.1 Å². The lowest BCUT2D eigenvalue weighted by atomic mass is 10.0. The number of carbonyl (C=O) groups excluding carboxylic acids is 1. The van der Waals surface area contributed by atoms with Crippen LogP contribution in [0.15, 0.2) is 53.4 Å². The zero-order valence-electron chi connectivity index (χ0n) is 13.6. The molecule has 0 saturated heterocycles. The van der Waals surface area contributed by atoms with Crippen molar-refractivity contribution >= 4 is 17.7 Å². The largest absolute Gasteiger partial charge is 0.349 e. The third-order valence-electron chi connectivity index (χ3n) is 3.82. The van der Waals surface area contributed by atoms with Gasteiger partial charge in [-0.1, -0.05) is 36.4 Å². The summed E-state index contributed by atoms with van der Waals surface area (Å²) in [6, 6.07) is 16.4. The summed E-state index contributed by atoms with van der Waals surface area (Å²) in [5, 5.41) is 2.99. The smallest absolute Gasteiger partial charge is 0.233 e. The number of aryl methyl sites for hydroxylation is 2. The highest BCUT2D eigenvalue weighted by Gasteiger charge is 2.17. The van der Waals surface area contributed by atoms with E-state index < -0.39 is 0 Å². The van der Waals surface area contributed by atoms with Crippen molar-refractivity contribution in [1.29, 1.82) is 0 Å². The Bertz CT molecular complexity index is 639. The van der Waals surface area contributed by atoms with Crippen LogP contribution in [0.1, 0.15) is 36.6 Å². The average Bonchev–Trinajstić information content (AvgIpc) is 2.50. The molecule has 0 heterocycles. The Hall–Kier alpha value is -1.74. The van der Waals surface area contributed by atoms with Crippen LogP contribution in [0.2, 0.25) is 0 Å². The van der Waals surface area contributed by atoms with Crippen LogP contribution in [0.5, 0.6) is 0 Å². The maximum atomic E-state index is 12.4. The number of thioether (sulfide) groups is 1. The number of benzene rings is 2. The molecule has 2 aromatic rings. The number of hydrogen-bond acceptors (Lipinski definition) is 2. The first-order valence-electron chi connectivity index (χ1n) is 7.56. The molecule has 0 bridgehead atoms. The van der Waals surface area contributed by atoms with Gasteiger partial charge in [-0.05, 0) is 56.5 Å². The van der Waals surface area contributed by atoms with Crippen LogP contribution in [-0.2, 0) is 4.79 Å². The van der Waals surface area contributed by atoms with Gasteiger partial charge in [0.05, 0.1) is 11.3 Å². The first-order valence-corrected chi connectivity index (χ1v) is 8.44. The highest BCUT2D eigenvalue weighted by atomic mass is 32.2. The van der Waals surface area contributed by atoms with Gasteiger partial charge in [-0.15, -0.1) is 11.8 Å². The molecule has 0 unspecified atom stereocenters. The lowest BCUT2D eigenvalue weighted by Gasteiger charge is -2.18.